The standard InChI is InChI=1S/C26H25ClN2O3/c1-3-4-7-14-29-25(30)22(18(2)23(16-28)26(29)31)15-19-10-12-21(13-11-19)32-17-20-8-5-6-9-24(20)27/h5-6,8-13,15H,3-4,7,14,17H2,1-2H3/b22-15+. The van der Waals surface area contributed by atoms with Crippen LogP contribution >= 0.6 is 11.6 Å². The molecule has 1 heterocycles. The fraction of sp³-hybridized carbons (Fsp3) is 0.269. The first kappa shape index (κ1) is 23.3. The Hall–Kier alpha value is -3.36. The van der Waals surface area contributed by atoms with Crippen molar-refractivity contribution in [3.8, 4) is 11.8 Å². The van der Waals surface area contributed by atoms with Gasteiger partial charge in [-0.3, -0.25) is 14.5 Å². The van der Waals surface area contributed by atoms with E-state index in [0.717, 1.165) is 30.4 Å². The topological polar surface area (TPSA) is 70.4 Å². The Kier molecular flexibility index (Phi) is 7.86. The van der Waals surface area contributed by atoms with Gasteiger partial charge in [-0.15, -0.1) is 0 Å². The molecule has 0 fully saturated rings. The lowest BCUT2D eigenvalue weighted by Crippen LogP contribution is -2.43. The maximum atomic E-state index is 13.0. The molecule has 0 aliphatic carbocycles. The molecule has 0 bridgehead atoms. The zero-order valence-corrected chi connectivity index (χ0v) is 19.0. The van der Waals surface area contributed by atoms with Gasteiger partial charge in [0.05, 0.1) is 0 Å². The minimum atomic E-state index is -0.508. The van der Waals surface area contributed by atoms with E-state index in [4.69, 9.17) is 16.3 Å². The molecule has 5 nitrogen and oxygen atoms in total. The Balaban J connectivity index is 1.80. The Labute approximate surface area is 193 Å². The Morgan fingerprint density at radius 2 is 1.78 bits per heavy atom. The Morgan fingerprint density at radius 1 is 1.06 bits per heavy atom. The van der Waals surface area contributed by atoms with Crippen LogP contribution in [-0.2, 0) is 16.2 Å². The maximum Gasteiger partial charge on any atom is 0.271 e. The third-order valence-electron chi connectivity index (χ3n) is 5.35. The highest BCUT2D eigenvalue weighted by molar-refractivity contribution is 6.31. The van der Waals surface area contributed by atoms with Gasteiger partial charge in [0.15, 0.2) is 0 Å². The van der Waals surface area contributed by atoms with Gasteiger partial charge in [-0.25, -0.2) is 0 Å². The van der Waals surface area contributed by atoms with Gasteiger partial charge in [0, 0.05) is 22.7 Å². The first-order valence-corrected chi connectivity index (χ1v) is 11.0. The van der Waals surface area contributed by atoms with E-state index >= 15 is 0 Å². The fourth-order valence-corrected chi connectivity index (χ4v) is 3.65. The molecule has 3 rings (SSSR count). The normalized spacial score (nSPS) is 15.3. The number of ether oxygens (including phenoxy) is 1. The Bertz CT molecular complexity index is 1110. The third-order valence-corrected chi connectivity index (χ3v) is 5.72. The summed E-state index contributed by atoms with van der Waals surface area (Å²) in [6, 6.07) is 16.8. The smallest absolute Gasteiger partial charge is 0.271 e. The third kappa shape index (κ3) is 5.27. The first-order valence-electron chi connectivity index (χ1n) is 10.6. The number of rotatable bonds is 8. The summed E-state index contributed by atoms with van der Waals surface area (Å²) in [5.74, 6) is -0.198. The van der Waals surface area contributed by atoms with E-state index in [1.54, 1.807) is 13.0 Å². The molecule has 0 saturated carbocycles. The van der Waals surface area contributed by atoms with E-state index in [1.165, 1.54) is 4.90 Å². The van der Waals surface area contributed by atoms with Crippen molar-refractivity contribution in [1.29, 1.82) is 5.26 Å². The van der Waals surface area contributed by atoms with E-state index in [9.17, 15) is 14.9 Å². The average Bonchev–Trinajstić information content (AvgIpc) is 2.79. The zero-order valence-electron chi connectivity index (χ0n) is 18.2. The second-order valence-corrected chi connectivity index (χ2v) is 8.00. The monoisotopic (exact) mass is 448 g/mol. The van der Waals surface area contributed by atoms with Crippen LogP contribution in [-0.4, -0.2) is 23.3 Å². The van der Waals surface area contributed by atoms with Gasteiger partial charge in [-0.2, -0.15) is 5.26 Å². The van der Waals surface area contributed by atoms with Gasteiger partial charge in [-0.05, 0) is 48.8 Å². The maximum absolute atomic E-state index is 13.0. The quantitative estimate of drug-likeness (QED) is 0.295. The number of amides is 2. The van der Waals surface area contributed by atoms with Gasteiger partial charge >= 0.3 is 0 Å². The van der Waals surface area contributed by atoms with Crippen molar-refractivity contribution in [2.24, 2.45) is 0 Å². The molecule has 164 valence electrons. The van der Waals surface area contributed by atoms with Crippen LogP contribution in [0.3, 0.4) is 0 Å². The van der Waals surface area contributed by atoms with E-state index in [2.05, 4.69) is 6.92 Å². The molecule has 2 amide bonds. The molecule has 0 saturated heterocycles. The lowest BCUT2D eigenvalue weighted by Gasteiger charge is -2.27. The minimum absolute atomic E-state index is 0.0204. The number of hydrogen-bond acceptors (Lipinski definition) is 4. The van der Waals surface area contributed by atoms with E-state index in [0.29, 0.717) is 35.1 Å². The molecule has 1 aliphatic rings. The van der Waals surface area contributed by atoms with Gasteiger partial charge in [0.1, 0.15) is 24.0 Å². The minimum Gasteiger partial charge on any atom is -0.489 e. The number of nitriles is 1. The molecule has 32 heavy (non-hydrogen) atoms. The van der Waals surface area contributed by atoms with Crippen molar-refractivity contribution in [3.63, 3.8) is 0 Å². The fourth-order valence-electron chi connectivity index (χ4n) is 3.46. The summed E-state index contributed by atoms with van der Waals surface area (Å²) < 4.78 is 5.80. The lowest BCUT2D eigenvalue weighted by molar-refractivity contribution is -0.140. The number of imide groups is 1. The van der Waals surface area contributed by atoms with Crippen LogP contribution in [0.4, 0.5) is 0 Å². The summed E-state index contributed by atoms with van der Waals surface area (Å²) in [4.78, 5) is 26.8. The predicted molar refractivity (Wildman–Crippen MR) is 125 cm³/mol. The summed E-state index contributed by atoms with van der Waals surface area (Å²) in [5, 5.41) is 10.1. The van der Waals surface area contributed by atoms with Crippen LogP contribution < -0.4 is 4.74 Å². The summed E-state index contributed by atoms with van der Waals surface area (Å²) in [5.41, 5.74) is 2.46. The van der Waals surface area contributed by atoms with E-state index in [-0.39, 0.29) is 11.5 Å². The molecule has 1 aliphatic heterocycles. The Morgan fingerprint density at radius 3 is 2.44 bits per heavy atom. The van der Waals surface area contributed by atoms with Crippen LogP contribution in [0, 0.1) is 11.3 Å². The molecular formula is C26H25ClN2O3. The summed E-state index contributed by atoms with van der Waals surface area (Å²) in [6.45, 7) is 4.36. The summed E-state index contributed by atoms with van der Waals surface area (Å²) in [7, 11) is 0. The predicted octanol–water partition coefficient (Wildman–Crippen LogP) is 5.70. The van der Waals surface area contributed by atoms with Crippen LogP contribution in [0.5, 0.6) is 5.75 Å². The second-order valence-electron chi connectivity index (χ2n) is 7.59. The second kappa shape index (κ2) is 10.8. The molecule has 0 radical (unpaired) electrons. The van der Waals surface area contributed by atoms with Crippen molar-refractivity contribution < 1.29 is 14.3 Å². The van der Waals surface area contributed by atoms with E-state index in [1.807, 2.05) is 54.6 Å². The van der Waals surface area contributed by atoms with Crippen molar-refractivity contribution in [1.82, 2.24) is 4.90 Å². The molecule has 0 aromatic heterocycles. The summed E-state index contributed by atoms with van der Waals surface area (Å²) in [6.07, 6.45) is 4.32. The zero-order chi connectivity index (χ0) is 23.1. The van der Waals surface area contributed by atoms with Crippen LogP contribution in [0.1, 0.15) is 44.2 Å². The molecule has 2 aromatic carbocycles. The highest BCUT2D eigenvalue weighted by Gasteiger charge is 2.34. The SMILES string of the molecule is CCCCCN1C(=O)C(C#N)=C(C)/C(=C\c2ccc(OCc3ccccc3Cl)cc2)C1=O. The number of hydrogen-bond donors (Lipinski definition) is 0. The highest BCUT2D eigenvalue weighted by atomic mass is 35.5. The number of benzene rings is 2. The lowest BCUT2D eigenvalue weighted by atomic mass is 9.93. The molecule has 0 spiro atoms. The van der Waals surface area contributed by atoms with Crippen molar-refractivity contribution in [3.05, 3.63) is 81.4 Å². The van der Waals surface area contributed by atoms with Crippen LogP contribution in [0.2, 0.25) is 5.02 Å². The van der Waals surface area contributed by atoms with Gasteiger partial charge in [0.2, 0.25) is 0 Å². The first-order chi connectivity index (χ1) is 15.5. The van der Waals surface area contributed by atoms with Crippen LogP contribution in [0.25, 0.3) is 6.08 Å². The number of nitrogens with zero attached hydrogens (tertiary/aromatic N) is 2. The molecule has 0 atom stereocenters. The summed E-state index contributed by atoms with van der Waals surface area (Å²) >= 11 is 6.16. The molecule has 6 heteroatoms. The van der Waals surface area contributed by atoms with Gasteiger partial charge in [-0.1, -0.05) is 61.7 Å². The number of unbranched alkanes of at least 4 members (excludes halogenated alkanes) is 2. The number of halogens is 1. The molecule has 0 unspecified atom stereocenters. The van der Waals surface area contributed by atoms with Crippen LogP contribution in [0.15, 0.2) is 65.3 Å². The van der Waals surface area contributed by atoms with Crippen molar-refractivity contribution in [2.45, 2.75) is 39.7 Å². The number of carbonyl (C=O) groups is 2. The number of carbonyl (C=O) groups excluding carboxylic acids is 2. The van der Waals surface area contributed by atoms with Gasteiger partial charge < -0.3 is 4.74 Å². The molecule has 0 N–H and O–H groups in total. The average molecular weight is 449 g/mol. The van der Waals surface area contributed by atoms with E-state index < -0.39 is 5.91 Å². The van der Waals surface area contributed by atoms with Crippen molar-refractivity contribution >= 4 is 29.5 Å². The molecular weight excluding hydrogens is 424 g/mol. The van der Waals surface area contributed by atoms with Gasteiger partial charge in [0.25, 0.3) is 11.8 Å². The van der Waals surface area contributed by atoms with Crippen molar-refractivity contribution in [2.75, 3.05) is 6.54 Å². The molecule has 2 aromatic rings. The highest BCUT2D eigenvalue weighted by Crippen LogP contribution is 2.28. The largest absolute Gasteiger partial charge is 0.489 e.